The van der Waals surface area contributed by atoms with Crippen molar-refractivity contribution >= 4 is 20.0 Å². The molecule has 7 heteroatoms. The lowest BCUT2D eigenvalue weighted by Crippen LogP contribution is -2.11. The Morgan fingerprint density at radius 1 is 0.870 bits per heavy atom. The lowest BCUT2D eigenvalue weighted by Gasteiger charge is -2.09. The first-order valence-electron chi connectivity index (χ1n) is 7.12. The van der Waals surface area contributed by atoms with E-state index < -0.39 is 20.0 Å². The molecule has 1 aliphatic carbocycles. The number of benzene rings is 2. The van der Waals surface area contributed by atoms with Gasteiger partial charge in [-0.2, -0.15) is 8.42 Å². The molecular weight excluding hydrogens is 336 g/mol. The zero-order chi connectivity index (χ0) is 16.7. The van der Waals surface area contributed by atoms with Crippen LogP contribution in [0.1, 0.15) is 17.5 Å². The highest BCUT2D eigenvalue weighted by Crippen LogP contribution is 2.28. The summed E-state index contributed by atoms with van der Waals surface area (Å²) in [7, 11) is -7.56. The molecular formula is C16H16O5S2. The molecule has 0 amide bonds. The molecule has 0 N–H and O–H groups in total. The fourth-order valence-electron chi connectivity index (χ4n) is 2.64. The second-order valence-electron chi connectivity index (χ2n) is 5.57. The Morgan fingerprint density at radius 2 is 1.57 bits per heavy atom. The molecule has 0 spiro atoms. The summed E-state index contributed by atoms with van der Waals surface area (Å²) in [5.41, 5.74) is 2.32. The van der Waals surface area contributed by atoms with E-state index in [1.165, 1.54) is 23.8 Å². The van der Waals surface area contributed by atoms with Gasteiger partial charge in [-0.25, -0.2) is 8.42 Å². The van der Waals surface area contributed by atoms with Gasteiger partial charge in [-0.1, -0.05) is 12.1 Å². The molecule has 0 saturated heterocycles. The van der Waals surface area contributed by atoms with Crippen LogP contribution in [0, 0.1) is 0 Å². The first kappa shape index (κ1) is 16.0. The molecule has 0 fully saturated rings. The number of fused-ring (bicyclic) bond motifs is 1. The maximum absolute atomic E-state index is 12.4. The second-order valence-corrected chi connectivity index (χ2v) is 9.13. The molecule has 1 aliphatic rings. The van der Waals surface area contributed by atoms with Gasteiger partial charge in [0.25, 0.3) is 0 Å². The predicted molar refractivity (Wildman–Crippen MR) is 85.8 cm³/mol. The van der Waals surface area contributed by atoms with Crippen molar-refractivity contribution in [3.8, 4) is 5.75 Å². The summed E-state index contributed by atoms with van der Waals surface area (Å²) in [6.45, 7) is 0. The Hall–Kier alpha value is -1.86. The maximum atomic E-state index is 12.4. The number of sulfone groups is 1. The SMILES string of the molecule is CS(=O)(=O)c1cccc(S(=O)(=O)Oc2ccc3c(c2)CCC3)c1. The lowest BCUT2D eigenvalue weighted by atomic mass is 10.1. The van der Waals surface area contributed by atoms with Gasteiger partial charge in [0, 0.05) is 6.26 Å². The van der Waals surface area contributed by atoms with Crippen LogP contribution >= 0.6 is 0 Å². The van der Waals surface area contributed by atoms with Gasteiger partial charge < -0.3 is 4.18 Å². The Labute approximate surface area is 136 Å². The third-order valence-corrected chi connectivity index (χ3v) is 6.15. The predicted octanol–water partition coefficient (Wildman–Crippen LogP) is 2.35. The average molecular weight is 352 g/mol. The highest BCUT2D eigenvalue weighted by Gasteiger charge is 2.20. The molecule has 2 aromatic rings. The number of hydrogen-bond donors (Lipinski definition) is 0. The third kappa shape index (κ3) is 3.40. The van der Waals surface area contributed by atoms with Crippen molar-refractivity contribution in [3.05, 3.63) is 53.6 Å². The molecule has 0 heterocycles. The van der Waals surface area contributed by atoms with E-state index in [0.717, 1.165) is 37.1 Å². The normalized spacial score (nSPS) is 14.5. The van der Waals surface area contributed by atoms with E-state index in [2.05, 4.69) is 0 Å². The van der Waals surface area contributed by atoms with E-state index >= 15 is 0 Å². The van der Waals surface area contributed by atoms with Crippen molar-refractivity contribution in [1.29, 1.82) is 0 Å². The van der Waals surface area contributed by atoms with Crippen molar-refractivity contribution < 1.29 is 21.0 Å². The summed E-state index contributed by atoms with van der Waals surface area (Å²) in [4.78, 5) is -0.239. The van der Waals surface area contributed by atoms with Crippen molar-refractivity contribution in [1.82, 2.24) is 0 Å². The molecule has 0 atom stereocenters. The van der Waals surface area contributed by atoms with Crippen LogP contribution in [0.3, 0.4) is 0 Å². The molecule has 0 aliphatic heterocycles. The molecule has 2 aromatic carbocycles. The van der Waals surface area contributed by atoms with Gasteiger partial charge in [0.1, 0.15) is 10.6 Å². The molecule has 0 unspecified atom stereocenters. The number of hydrogen-bond acceptors (Lipinski definition) is 5. The topological polar surface area (TPSA) is 77.5 Å². The molecule has 3 rings (SSSR count). The van der Waals surface area contributed by atoms with Gasteiger partial charge >= 0.3 is 10.1 Å². The quantitative estimate of drug-likeness (QED) is 0.789. The fraction of sp³-hybridized carbons (Fsp3) is 0.250. The maximum Gasteiger partial charge on any atom is 0.339 e. The minimum atomic E-state index is -4.08. The van der Waals surface area contributed by atoms with Crippen LogP contribution in [0.4, 0.5) is 0 Å². The van der Waals surface area contributed by atoms with Crippen LogP contribution in [-0.4, -0.2) is 23.1 Å². The van der Waals surface area contributed by atoms with E-state index in [1.807, 2.05) is 6.07 Å². The van der Waals surface area contributed by atoms with Crippen LogP contribution in [0.15, 0.2) is 52.3 Å². The Bertz CT molecular complexity index is 960. The van der Waals surface area contributed by atoms with E-state index in [4.69, 9.17) is 4.18 Å². The third-order valence-electron chi connectivity index (χ3n) is 3.80. The first-order valence-corrected chi connectivity index (χ1v) is 10.4. The van der Waals surface area contributed by atoms with E-state index in [1.54, 1.807) is 12.1 Å². The van der Waals surface area contributed by atoms with Crippen molar-refractivity contribution in [2.75, 3.05) is 6.26 Å². The van der Waals surface area contributed by atoms with Gasteiger partial charge in [0.15, 0.2) is 9.84 Å². The van der Waals surface area contributed by atoms with E-state index in [-0.39, 0.29) is 15.5 Å². The molecule has 0 saturated carbocycles. The van der Waals surface area contributed by atoms with Crippen molar-refractivity contribution in [2.24, 2.45) is 0 Å². The summed E-state index contributed by atoms with van der Waals surface area (Å²) in [5, 5.41) is 0. The molecule has 0 bridgehead atoms. The molecule has 0 radical (unpaired) electrons. The highest BCUT2D eigenvalue weighted by atomic mass is 32.2. The summed E-state index contributed by atoms with van der Waals surface area (Å²) in [5.74, 6) is 0.246. The van der Waals surface area contributed by atoms with Crippen LogP contribution in [-0.2, 0) is 32.8 Å². The first-order chi connectivity index (χ1) is 10.8. The highest BCUT2D eigenvalue weighted by molar-refractivity contribution is 7.90. The molecule has 5 nitrogen and oxygen atoms in total. The zero-order valence-corrected chi connectivity index (χ0v) is 14.2. The standard InChI is InChI=1S/C16H16O5S2/c1-22(17,18)15-6-3-7-16(11-15)23(19,20)21-14-9-8-12-4-2-5-13(12)10-14/h3,6-11H,2,4-5H2,1H3. The van der Waals surface area contributed by atoms with Crippen molar-refractivity contribution in [2.45, 2.75) is 29.1 Å². The van der Waals surface area contributed by atoms with Gasteiger partial charge in [-0.05, 0) is 60.7 Å². The minimum absolute atomic E-state index is 0.0591. The Balaban J connectivity index is 1.93. The van der Waals surface area contributed by atoms with Gasteiger partial charge in [-0.15, -0.1) is 0 Å². The van der Waals surface area contributed by atoms with E-state index in [0.29, 0.717) is 0 Å². The fourth-order valence-corrected chi connectivity index (χ4v) is 4.35. The largest absolute Gasteiger partial charge is 0.379 e. The van der Waals surface area contributed by atoms with Crippen LogP contribution < -0.4 is 4.18 Å². The van der Waals surface area contributed by atoms with Crippen LogP contribution in [0.2, 0.25) is 0 Å². The van der Waals surface area contributed by atoms with Gasteiger partial charge in [0.2, 0.25) is 0 Å². The summed E-state index contributed by atoms with van der Waals surface area (Å²) >= 11 is 0. The molecule has 23 heavy (non-hydrogen) atoms. The smallest absolute Gasteiger partial charge is 0.339 e. The summed E-state index contributed by atoms with van der Waals surface area (Å²) in [6.07, 6.45) is 4.00. The van der Waals surface area contributed by atoms with Crippen molar-refractivity contribution in [3.63, 3.8) is 0 Å². The zero-order valence-electron chi connectivity index (χ0n) is 12.5. The Kier molecular flexibility index (Phi) is 3.93. The van der Waals surface area contributed by atoms with Crippen LogP contribution in [0.5, 0.6) is 5.75 Å². The molecule has 122 valence electrons. The number of aryl methyl sites for hydroxylation is 2. The van der Waals surface area contributed by atoms with E-state index in [9.17, 15) is 16.8 Å². The summed E-state index contributed by atoms with van der Waals surface area (Å²) < 4.78 is 53.0. The lowest BCUT2D eigenvalue weighted by molar-refractivity contribution is 0.485. The molecule has 0 aromatic heterocycles. The van der Waals surface area contributed by atoms with Crippen LogP contribution in [0.25, 0.3) is 0 Å². The average Bonchev–Trinajstić information content (AvgIpc) is 2.93. The summed E-state index contributed by atoms with van der Waals surface area (Å²) in [6, 6.07) is 10.4. The second kappa shape index (κ2) is 5.65. The monoisotopic (exact) mass is 352 g/mol. The van der Waals surface area contributed by atoms with Gasteiger partial charge in [-0.3, -0.25) is 0 Å². The Morgan fingerprint density at radius 3 is 2.30 bits per heavy atom. The number of rotatable bonds is 4. The minimum Gasteiger partial charge on any atom is -0.379 e. The van der Waals surface area contributed by atoms with Gasteiger partial charge in [0.05, 0.1) is 4.90 Å².